The standard InChI is InChI=1S/C33H35FN6O7S/c34-23-10-6-9-21(15-23)17-29(41)37-26-19-48-28-13-12-22(18-27(28)40(46)47)31(43)39-25(16-20-7-2-1-3-8-20)33(45)38-24(30(35)42)11-4-5-14-36-32(26)44/h1-3,6-10,12-13,15,18,24-26H,4-5,11,14,16-17,19H2,(H2,35,42)(H,36,44)(H,37,41)(H,38,45)(H,39,43)/t24-,25-,26-/m1/s1. The maximum Gasteiger partial charge on any atom is 0.283 e. The maximum absolute atomic E-state index is 13.6. The summed E-state index contributed by atoms with van der Waals surface area (Å²) in [7, 11) is 0. The molecule has 0 aliphatic carbocycles. The summed E-state index contributed by atoms with van der Waals surface area (Å²) < 4.78 is 13.6. The molecule has 0 fully saturated rings. The minimum absolute atomic E-state index is 0.0677. The quantitative estimate of drug-likeness (QED) is 0.185. The first kappa shape index (κ1) is 35.5. The highest BCUT2D eigenvalue weighted by molar-refractivity contribution is 7.99. The van der Waals surface area contributed by atoms with Gasteiger partial charge in [-0.2, -0.15) is 0 Å². The zero-order chi connectivity index (χ0) is 34.6. The second kappa shape index (κ2) is 17.0. The summed E-state index contributed by atoms with van der Waals surface area (Å²) in [6.07, 6.45) is 0.782. The fourth-order valence-electron chi connectivity index (χ4n) is 5.02. The Hall–Kier alpha value is -5.31. The second-order valence-electron chi connectivity index (χ2n) is 11.1. The smallest absolute Gasteiger partial charge is 0.283 e. The molecule has 2 heterocycles. The number of nitrogens with zero attached hydrogens (tertiary/aromatic N) is 1. The van der Waals surface area contributed by atoms with Gasteiger partial charge in [-0.3, -0.25) is 34.1 Å². The molecule has 0 radical (unpaired) electrons. The summed E-state index contributed by atoms with van der Waals surface area (Å²) in [4.78, 5) is 76.5. The molecule has 3 atom stereocenters. The van der Waals surface area contributed by atoms with Crippen molar-refractivity contribution in [3.8, 4) is 0 Å². The number of nitro benzene ring substituents is 1. The van der Waals surface area contributed by atoms with Crippen LogP contribution < -0.4 is 27.0 Å². The Labute approximate surface area is 279 Å². The van der Waals surface area contributed by atoms with Gasteiger partial charge in [-0.15, -0.1) is 11.8 Å². The average Bonchev–Trinajstić information content (AvgIpc) is 3.05. The summed E-state index contributed by atoms with van der Waals surface area (Å²) in [5.74, 6) is -3.96. The predicted molar refractivity (Wildman–Crippen MR) is 175 cm³/mol. The van der Waals surface area contributed by atoms with Gasteiger partial charge in [-0.25, -0.2) is 4.39 Å². The molecule has 15 heteroatoms. The van der Waals surface area contributed by atoms with E-state index in [4.69, 9.17) is 5.73 Å². The van der Waals surface area contributed by atoms with Crippen molar-refractivity contribution in [3.63, 3.8) is 0 Å². The Morgan fingerprint density at radius 3 is 2.42 bits per heavy atom. The lowest BCUT2D eigenvalue weighted by Gasteiger charge is -2.22. The van der Waals surface area contributed by atoms with Crippen LogP contribution in [0.5, 0.6) is 0 Å². The number of amides is 5. The first-order valence-corrected chi connectivity index (χ1v) is 16.2. The number of carbonyl (C=O) groups is 5. The van der Waals surface area contributed by atoms with Crippen LogP contribution >= 0.6 is 11.8 Å². The van der Waals surface area contributed by atoms with E-state index in [1.54, 1.807) is 36.4 Å². The number of nitro groups is 1. The lowest BCUT2D eigenvalue weighted by molar-refractivity contribution is -0.387. The van der Waals surface area contributed by atoms with E-state index in [0.717, 1.165) is 23.4 Å². The van der Waals surface area contributed by atoms with E-state index in [2.05, 4.69) is 21.3 Å². The molecule has 13 nitrogen and oxygen atoms in total. The molecular formula is C33H35FN6O7S. The van der Waals surface area contributed by atoms with Crippen LogP contribution in [0.1, 0.15) is 40.7 Å². The van der Waals surface area contributed by atoms with Crippen molar-refractivity contribution in [3.05, 3.63) is 105 Å². The number of halogens is 1. The Morgan fingerprint density at radius 1 is 0.958 bits per heavy atom. The minimum atomic E-state index is -1.15. The molecule has 5 rings (SSSR count). The largest absolute Gasteiger partial charge is 0.368 e. The summed E-state index contributed by atoms with van der Waals surface area (Å²) in [6, 6.07) is 14.7. The molecule has 0 unspecified atom stereocenters. The van der Waals surface area contributed by atoms with E-state index in [9.17, 15) is 38.5 Å². The number of primary amides is 1. The number of hydrogen-bond acceptors (Lipinski definition) is 8. The fraction of sp³-hybridized carbons (Fsp3) is 0.303. The van der Waals surface area contributed by atoms with Gasteiger partial charge in [0.2, 0.25) is 23.6 Å². The third kappa shape index (κ3) is 10.4. The van der Waals surface area contributed by atoms with Crippen LogP contribution in [0.15, 0.2) is 77.7 Å². The zero-order valence-corrected chi connectivity index (χ0v) is 26.6. The average molecular weight is 679 g/mol. The van der Waals surface area contributed by atoms with Crippen molar-refractivity contribution in [2.75, 3.05) is 12.3 Å². The molecule has 0 saturated carbocycles. The van der Waals surface area contributed by atoms with Crippen molar-refractivity contribution in [2.24, 2.45) is 5.73 Å². The van der Waals surface area contributed by atoms with Crippen LogP contribution in [-0.2, 0) is 32.0 Å². The van der Waals surface area contributed by atoms with Crippen molar-refractivity contribution in [1.29, 1.82) is 0 Å². The summed E-state index contributed by atoms with van der Waals surface area (Å²) >= 11 is 0.936. The number of nitrogens with one attached hydrogen (secondary N) is 4. The van der Waals surface area contributed by atoms with E-state index in [-0.39, 0.29) is 42.0 Å². The van der Waals surface area contributed by atoms with Crippen LogP contribution in [0, 0.1) is 15.9 Å². The summed E-state index contributed by atoms with van der Waals surface area (Å²) in [5, 5.41) is 22.7. The number of thioether (sulfide) groups is 1. The van der Waals surface area contributed by atoms with Crippen molar-refractivity contribution in [1.82, 2.24) is 21.3 Å². The Morgan fingerprint density at radius 2 is 1.71 bits per heavy atom. The topological polar surface area (TPSA) is 203 Å². The molecule has 3 aromatic carbocycles. The highest BCUT2D eigenvalue weighted by Crippen LogP contribution is 2.31. The monoisotopic (exact) mass is 678 g/mol. The number of rotatable bonds is 7. The molecule has 0 aromatic heterocycles. The van der Waals surface area contributed by atoms with Gasteiger partial charge < -0.3 is 27.0 Å². The predicted octanol–water partition coefficient (Wildman–Crippen LogP) is 2.16. The first-order chi connectivity index (χ1) is 23.0. The van der Waals surface area contributed by atoms with Gasteiger partial charge in [-0.1, -0.05) is 42.5 Å². The molecule has 2 aliphatic heterocycles. The summed E-state index contributed by atoms with van der Waals surface area (Å²) in [6.45, 7) is 0.154. The Kier molecular flexibility index (Phi) is 12.6. The van der Waals surface area contributed by atoms with Gasteiger partial charge >= 0.3 is 0 Å². The molecule has 48 heavy (non-hydrogen) atoms. The van der Waals surface area contributed by atoms with Crippen LogP contribution in [0.25, 0.3) is 0 Å². The van der Waals surface area contributed by atoms with Crippen LogP contribution in [0.3, 0.4) is 0 Å². The SMILES string of the molecule is NC(=O)[C@H]1CCCCNC(=O)[C@H](NC(=O)Cc2cccc(F)c2)CSc2ccc(cc2[N+](=O)[O-])C(=O)N[C@H](Cc2ccccc2)C(=O)N1. The zero-order valence-electron chi connectivity index (χ0n) is 25.8. The normalized spacial score (nSPS) is 19.4. The van der Waals surface area contributed by atoms with Gasteiger partial charge in [0, 0.05) is 30.3 Å². The van der Waals surface area contributed by atoms with Crippen molar-refractivity contribution in [2.45, 2.75) is 55.1 Å². The third-order valence-corrected chi connectivity index (χ3v) is 8.67. The van der Waals surface area contributed by atoms with Crippen LogP contribution in [0.2, 0.25) is 0 Å². The lowest BCUT2D eigenvalue weighted by atomic mass is 10.0. The van der Waals surface area contributed by atoms with E-state index in [1.807, 2.05) is 0 Å². The van der Waals surface area contributed by atoms with Crippen molar-refractivity contribution >= 4 is 47.0 Å². The van der Waals surface area contributed by atoms with E-state index < -0.39 is 64.1 Å². The van der Waals surface area contributed by atoms with E-state index in [0.29, 0.717) is 18.4 Å². The van der Waals surface area contributed by atoms with Crippen molar-refractivity contribution < 1.29 is 33.3 Å². The molecule has 252 valence electrons. The third-order valence-electron chi connectivity index (χ3n) is 7.51. The molecule has 2 aliphatic rings. The second-order valence-corrected chi connectivity index (χ2v) is 12.2. The minimum Gasteiger partial charge on any atom is -0.368 e. The van der Waals surface area contributed by atoms with E-state index >= 15 is 0 Å². The molecule has 5 amide bonds. The first-order valence-electron chi connectivity index (χ1n) is 15.2. The molecule has 0 saturated heterocycles. The fourth-order valence-corrected chi connectivity index (χ4v) is 6.05. The molecule has 3 aromatic rings. The Balaban J connectivity index is 1.61. The Bertz CT molecular complexity index is 1680. The van der Waals surface area contributed by atoms with Crippen LogP contribution in [0.4, 0.5) is 10.1 Å². The van der Waals surface area contributed by atoms with E-state index in [1.165, 1.54) is 30.3 Å². The van der Waals surface area contributed by atoms with Gasteiger partial charge in [0.05, 0.1) is 16.2 Å². The molecule has 6 N–H and O–H groups in total. The number of hydrogen-bond donors (Lipinski definition) is 5. The highest BCUT2D eigenvalue weighted by Gasteiger charge is 2.28. The molecule has 0 spiro atoms. The number of carbonyl (C=O) groups excluding carboxylic acids is 5. The highest BCUT2D eigenvalue weighted by atomic mass is 32.2. The molecule has 2 bridgehead atoms. The van der Waals surface area contributed by atoms with Gasteiger partial charge in [0.1, 0.15) is 23.9 Å². The van der Waals surface area contributed by atoms with Gasteiger partial charge in [0.15, 0.2) is 0 Å². The maximum atomic E-state index is 13.6. The number of benzene rings is 3. The number of nitrogens with two attached hydrogens (primary N) is 1. The van der Waals surface area contributed by atoms with Gasteiger partial charge in [-0.05, 0) is 54.7 Å². The van der Waals surface area contributed by atoms with Crippen LogP contribution in [-0.4, -0.2) is 64.9 Å². The molecular weight excluding hydrogens is 643 g/mol. The summed E-state index contributed by atoms with van der Waals surface area (Å²) in [5.41, 5.74) is 6.17. The number of fused-ring (bicyclic) bond motifs is 16. The lowest BCUT2D eigenvalue weighted by Crippen LogP contribution is -2.53. The van der Waals surface area contributed by atoms with Gasteiger partial charge in [0.25, 0.3) is 11.6 Å².